The van der Waals surface area contributed by atoms with Crippen LogP contribution in [0.3, 0.4) is 0 Å². The number of hydrogen-bond acceptors (Lipinski definition) is 5. The van der Waals surface area contributed by atoms with Crippen molar-refractivity contribution in [3.05, 3.63) is 30.3 Å². The van der Waals surface area contributed by atoms with Crippen LogP contribution in [0.1, 0.15) is 12.8 Å². The van der Waals surface area contributed by atoms with Gasteiger partial charge in [0.15, 0.2) is 9.84 Å². The highest BCUT2D eigenvalue weighted by Crippen LogP contribution is 2.17. The number of amides is 1. The summed E-state index contributed by atoms with van der Waals surface area (Å²) in [6.07, 6.45) is 1.53. The number of carbonyl (C=O) groups excluding carboxylic acids is 1. The number of carbonyl (C=O) groups is 1. The molecule has 7 heteroatoms. The van der Waals surface area contributed by atoms with Gasteiger partial charge in [-0.05, 0) is 37.8 Å². The molecule has 1 aromatic rings. The quantitative estimate of drug-likeness (QED) is 0.563. The van der Waals surface area contributed by atoms with Crippen LogP contribution in [0.2, 0.25) is 0 Å². The lowest BCUT2D eigenvalue weighted by Gasteiger charge is -2.22. The third kappa shape index (κ3) is 6.53. The summed E-state index contributed by atoms with van der Waals surface area (Å²) in [6.45, 7) is 0.904. The molecule has 5 nitrogen and oxygen atoms in total. The zero-order valence-corrected chi connectivity index (χ0v) is 15.0. The predicted molar refractivity (Wildman–Crippen MR) is 94.5 cm³/mol. The van der Waals surface area contributed by atoms with Crippen molar-refractivity contribution < 1.29 is 13.2 Å². The number of rotatable bonds is 8. The standard InChI is InChI=1S/C16H24N2O3S2/c1-18(14-8-11-23(20,21)13-14)12-16(19)17-9-5-10-22-15-6-3-2-4-7-15/h2-4,6-7,14H,5,8-13H2,1H3,(H,17,19). The van der Waals surface area contributed by atoms with Crippen LogP contribution in [0.5, 0.6) is 0 Å². The van der Waals surface area contributed by atoms with Crippen LogP contribution in [0, 0.1) is 0 Å². The number of nitrogens with one attached hydrogen (secondary N) is 1. The van der Waals surface area contributed by atoms with Crippen molar-refractivity contribution in [3.63, 3.8) is 0 Å². The van der Waals surface area contributed by atoms with Crippen molar-refractivity contribution >= 4 is 27.5 Å². The van der Waals surface area contributed by atoms with Gasteiger partial charge in [-0.2, -0.15) is 0 Å². The molecule has 23 heavy (non-hydrogen) atoms. The van der Waals surface area contributed by atoms with E-state index in [0.29, 0.717) is 13.0 Å². The maximum absolute atomic E-state index is 11.9. The number of sulfone groups is 1. The molecule has 1 aliphatic rings. The lowest BCUT2D eigenvalue weighted by molar-refractivity contribution is -0.122. The molecule has 0 spiro atoms. The molecule has 0 bridgehead atoms. The smallest absolute Gasteiger partial charge is 0.234 e. The molecule has 1 fully saturated rings. The first-order valence-corrected chi connectivity index (χ1v) is 10.6. The van der Waals surface area contributed by atoms with Crippen LogP contribution in [0.4, 0.5) is 0 Å². The average Bonchev–Trinajstić information content (AvgIpc) is 2.88. The van der Waals surface area contributed by atoms with Crippen molar-refractivity contribution in [1.29, 1.82) is 0 Å². The van der Waals surface area contributed by atoms with Crippen LogP contribution in [0.15, 0.2) is 35.2 Å². The van der Waals surface area contributed by atoms with Crippen LogP contribution < -0.4 is 5.32 Å². The van der Waals surface area contributed by atoms with Crippen molar-refractivity contribution in [3.8, 4) is 0 Å². The summed E-state index contributed by atoms with van der Waals surface area (Å²) in [4.78, 5) is 15.0. The van der Waals surface area contributed by atoms with Crippen LogP contribution in [-0.4, -0.2) is 62.7 Å². The number of benzene rings is 1. The molecule has 1 unspecified atom stereocenters. The van der Waals surface area contributed by atoms with Gasteiger partial charge in [-0.1, -0.05) is 18.2 Å². The highest BCUT2D eigenvalue weighted by molar-refractivity contribution is 7.99. The summed E-state index contributed by atoms with van der Waals surface area (Å²) in [5, 5.41) is 2.90. The first-order valence-electron chi connectivity index (χ1n) is 7.81. The zero-order valence-electron chi connectivity index (χ0n) is 13.4. The molecule has 128 valence electrons. The molecule has 0 aliphatic carbocycles. The molecule has 1 amide bonds. The van der Waals surface area contributed by atoms with Crippen molar-refractivity contribution in [2.75, 3.05) is 37.4 Å². The minimum Gasteiger partial charge on any atom is -0.355 e. The van der Waals surface area contributed by atoms with Gasteiger partial charge in [0.05, 0.1) is 18.1 Å². The van der Waals surface area contributed by atoms with E-state index in [9.17, 15) is 13.2 Å². The molecule has 1 heterocycles. The van der Waals surface area contributed by atoms with E-state index in [1.54, 1.807) is 11.8 Å². The third-order valence-corrected chi connectivity index (χ3v) is 6.73. The molecule has 0 radical (unpaired) electrons. The molecule has 1 saturated heterocycles. The first-order chi connectivity index (χ1) is 11.0. The maximum atomic E-state index is 11.9. The van der Waals surface area contributed by atoms with Gasteiger partial charge in [0, 0.05) is 17.5 Å². The molecule has 1 atom stereocenters. The van der Waals surface area contributed by atoms with Gasteiger partial charge in [0.1, 0.15) is 0 Å². The second-order valence-corrected chi connectivity index (χ2v) is 9.23. The van der Waals surface area contributed by atoms with Gasteiger partial charge >= 0.3 is 0 Å². The van der Waals surface area contributed by atoms with E-state index in [2.05, 4.69) is 17.4 Å². The van der Waals surface area contributed by atoms with Gasteiger partial charge < -0.3 is 5.32 Å². The van der Waals surface area contributed by atoms with Gasteiger partial charge in [-0.3, -0.25) is 9.69 Å². The van der Waals surface area contributed by atoms with Crippen LogP contribution in [-0.2, 0) is 14.6 Å². The minimum absolute atomic E-state index is 0.0283. The predicted octanol–water partition coefficient (Wildman–Crippen LogP) is 1.40. The maximum Gasteiger partial charge on any atom is 0.234 e. The van der Waals surface area contributed by atoms with Gasteiger partial charge in [-0.15, -0.1) is 11.8 Å². The van der Waals surface area contributed by atoms with Crippen LogP contribution in [0.25, 0.3) is 0 Å². The minimum atomic E-state index is -2.90. The molecule has 1 aromatic carbocycles. The van der Waals surface area contributed by atoms with E-state index < -0.39 is 9.84 Å². The Bertz CT molecular complexity index is 605. The molecule has 1 N–H and O–H groups in total. The van der Waals surface area contributed by atoms with E-state index in [0.717, 1.165) is 12.2 Å². The number of nitrogens with zero attached hydrogens (tertiary/aromatic N) is 1. The van der Waals surface area contributed by atoms with E-state index in [4.69, 9.17) is 0 Å². The average molecular weight is 357 g/mol. The Morgan fingerprint density at radius 2 is 2.09 bits per heavy atom. The largest absolute Gasteiger partial charge is 0.355 e. The summed E-state index contributed by atoms with van der Waals surface area (Å²) in [5.74, 6) is 1.33. The number of likely N-dealkylation sites (N-methyl/N-ethyl adjacent to an activating group) is 1. The molecule has 0 saturated carbocycles. The Labute approximate surface area is 142 Å². The van der Waals surface area contributed by atoms with E-state index in [-0.39, 0.29) is 30.0 Å². The lowest BCUT2D eigenvalue weighted by atomic mass is 10.2. The normalized spacial score (nSPS) is 19.8. The number of hydrogen-bond donors (Lipinski definition) is 1. The van der Waals surface area contributed by atoms with E-state index >= 15 is 0 Å². The summed E-state index contributed by atoms with van der Waals surface area (Å²) >= 11 is 1.78. The second-order valence-electron chi connectivity index (χ2n) is 5.84. The lowest BCUT2D eigenvalue weighted by Crippen LogP contribution is -2.41. The first kappa shape index (κ1) is 18.3. The molecule has 0 aromatic heterocycles. The summed E-state index contributed by atoms with van der Waals surface area (Å²) in [5.41, 5.74) is 0. The molecule has 1 aliphatic heterocycles. The van der Waals surface area contributed by atoms with Crippen molar-refractivity contribution in [2.45, 2.75) is 23.8 Å². The van der Waals surface area contributed by atoms with Crippen molar-refractivity contribution in [1.82, 2.24) is 10.2 Å². The SMILES string of the molecule is CN(CC(=O)NCCCSc1ccccc1)C1CCS(=O)(=O)C1. The summed E-state index contributed by atoms with van der Waals surface area (Å²) < 4.78 is 22.9. The molecular weight excluding hydrogens is 332 g/mol. The molecular formula is C16H24N2O3S2. The van der Waals surface area contributed by atoms with Gasteiger partial charge in [0.2, 0.25) is 5.91 Å². The van der Waals surface area contributed by atoms with Crippen molar-refractivity contribution in [2.24, 2.45) is 0 Å². The highest BCUT2D eigenvalue weighted by Gasteiger charge is 2.31. The Morgan fingerprint density at radius 3 is 2.74 bits per heavy atom. The van der Waals surface area contributed by atoms with Gasteiger partial charge in [-0.25, -0.2) is 8.42 Å². The fourth-order valence-electron chi connectivity index (χ4n) is 2.54. The number of thioether (sulfide) groups is 1. The zero-order chi connectivity index (χ0) is 16.7. The third-order valence-electron chi connectivity index (χ3n) is 3.88. The second kappa shape index (κ2) is 8.70. The monoisotopic (exact) mass is 356 g/mol. The topological polar surface area (TPSA) is 66.5 Å². The van der Waals surface area contributed by atoms with Gasteiger partial charge in [0.25, 0.3) is 0 Å². The summed E-state index contributed by atoms with van der Waals surface area (Å²) in [7, 11) is -1.09. The Kier molecular flexibility index (Phi) is 6.92. The summed E-state index contributed by atoms with van der Waals surface area (Å²) in [6, 6.07) is 10.2. The highest BCUT2D eigenvalue weighted by atomic mass is 32.2. The fraction of sp³-hybridized carbons (Fsp3) is 0.562. The Morgan fingerprint density at radius 1 is 1.35 bits per heavy atom. The van der Waals surface area contributed by atoms with E-state index in [1.165, 1.54) is 4.90 Å². The Hall–Kier alpha value is -1.05. The fourth-order valence-corrected chi connectivity index (χ4v) is 5.22. The Balaban J connectivity index is 1.58. The van der Waals surface area contributed by atoms with Crippen LogP contribution >= 0.6 is 11.8 Å². The van der Waals surface area contributed by atoms with E-state index in [1.807, 2.05) is 30.1 Å². The molecule has 2 rings (SSSR count).